The fourth-order valence-corrected chi connectivity index (χ4v) is 3.05. The van der Waals surface area contributed by atoms with Crippen molar-refractivity contribution in [3.8, 4) is 17.0 Å². The van der Waals surface area contributed by atoms with Gasteiger partial charge in [-0.2, -0.15) is 5.10 Å². The van der Waals surface area contributed by atoms with E-state index in [1.807, 2.05) is 17.8 Å². The first-order chi connectivity index (χ1) is 14.9. The minimum absolute atomic E-state index is 0.0465. The summed E-state index contributed by atoms with van der Waals surface area (Å²) in [4.78, 5) is 17.0. The molecule has 1 amide bonds. The number of imidazole rings is 1. The number of nitrogens with one attached hydrogen (secondary N) is 1. The van der Waals surface area contributed by atoms with E-state index in [2.05, 4.69) is 15.4 Å². The van der Waals surface area contributed by atoms with Crippen molar-refractivity contribution < 1.29 is 18.3 Å². The van der Waals surface area contributed by atoms with Crippen molar-refractivity contribution in [2.45, 2.75) is 6.61 Å². The summed E-state index contributed by atoms with van der Waals surface area (Å²) in [6, 6.07) is 9.98. The van der Waals surface area contributed by atoms with Crippen LogP contribution in [0, 0.1) is 11.6 Å². The second-order valence-corrected chi connectivity index (χ2v) is 6.91. The Labute approximate surface area is 176 Å². The SMILES string of the molecule is Cn1cc(C(=O)Nc2ccc(OCc3nccn3C)cc2)c(-c2ccc(F)cc2F)n1. The third kappa shape index (κ3) is 4.45. The van der Waals surface area contributed by atoms with Crippen LogP contribution in [0.1, 0.15) is 16.2 Å². The van der Waals surface area contributed by atoms with Crippen molar-refractivity contribution in [1.29, 1.82) is 0 Å². The third-order valence-electron chi connectivity index (χ3n) is 4.66. The molecule has 0 saturated carbocycles. The summed E-state index contributed by atoms with van der Waals surface area (Å²) in [7, 11) is 3.50. The fourth-order valence-electron chi connectivity index (χ4n) is 3.05. The number of ether oxygens (including phenoxy) is 1. The molecule has 0 aliphatic rings. The Kier molecular flexibility index (Phi) is 5.48. The van der Waals surface area contributed by atoms with Crippen molar-refractivity contribution in [2.24, 2.45) is 14.1 Å². The van der Waals surface area contributed by atoms with Crippen molar-refractivity contribution in [3.05, 3.63) is 84.1 Å². The first kappa shape index (κ1) is 20.3. The molecule has 9 heteroatoms. The summed E-state index contributed by atoms with van der Waals surface area (Å²) in [5.74, 6) is -0.546. The number of carbonyl (C=O) groups excluding carboxylic acids is 1. The molecular formula is C22H19F2N5O2. The maximum atomic E-state index is 14.2. The lowest BCUT2D eigenvalue weighted by molar-refractivity contribution is 0.102. The second kappa shape index (κ2) is 8.39. The lowest BCUT2D eigenvalue weighted by atomic mass is 10.1. The van der Waals surface area contributed by atoms with Gasteiger partial charge in [0.05, 0.1) is 5.56 Å². The Morgan fingerprint density at radius 2 is 1.90 bits per heavy atom. The van der Waals surface area contributed by atoms with E-state index in [0.29, 0.717) is 18.0 Å². The molecule has 0 atom stereocenters. The molecule has 2 aromatic heterocycles. The molecule has 0 aliphatic carbocycles. The molecule has 0 radical (unpaired) electrons. The van der Waals surface area contributed by atoms with Gasteiger partial charge in [-0.3, -0.25) is 9.48 Å². The standard InChI is InChI=1S/C22H19F2N5O2/c1-28-10-9-25-20(28)13-31-16-6-4-15(5-7-16)26-22(30)18-12-29(2)27-21(18)17-8-3-14(23)11-19(17)24/h3-12H,13H2,1-2H3,(H,26,30). The van der Waals surface area contributed by atoms with Crippen LogP contribution >= 0.6 is 0 Å². The van der Waals surface area contributed by atoms with Crippen LogP contribution in [0.15, 0.2) is 61.1 Å². The lowest BCUT2D eigenvalue weighted by Crippen LogP contribution is -2.12. The first-order valence-electron chi connectivity index (χ1n) is 9.40. The number of amides is 1. The van der Waals surface area contributed by atoms with Gasteiger partial charge in [-0.25, -0.2) is 13.8 Å². The molecule has 2 heterocycles. The largest absolute Gasteiger partial charge is 0.486 e. The van der Waals surface area contributed by atoms with Gasteiger partial charge in [0, 0.05) is 50.0 Å². The molecule has 0 aliphatic heterocycles. The molecule has 2 aromatic carbocycles. The first-order valence-corrected chi connectivity index (χ1v) is 9.40. The van der Waals surface area contributed by atoms with Gasteiger partial charge in [0.1, 0.15) is 35.5 Å². The van der Waals surface area contributed by atoms with Gasteiger partial charge in [0.15, 0.2) is 0 Å². The molecule has 31 heavy (non-hydrogen) atoms. The number of rotatable bonds is 6. The van der Waals surface area contributed by atoms with E-state index in [1.54, 1.807) is 37.5 Å². The van der Waals surface area contributed by atoms with E-state index in [9.17, 15) is 13.6 Å². The molecule has 0 bridgehead atoms. The fraction of sp³-hybridized carbons (Fsp3) is 0.136. The number of hydrogen-bond acceptors (Lipinski definition) is 4. The summed E-state index contributed by atoms with van der Waals surface area (Å²) in [5.41, 5.74) is 0.879. The molecule has 0 unspecified atom stereocenters. The maximum Gasteiger partial charge on any atom is 0.259 e. The van der Waals surface area contributed by atoms with Gasteiger partial charge < -0.3 is 14.6 Å². The van der Waals surface area contributed by atoms with Gasteiger partial charge in [-0.1, -0.05) is 0 Å². The zero-order chi connectivity index (χ0) is 22.0. The van der Waals surface area contributed by atoms with Gasteiger partial charge in [0.25, 0.3) is 5.91 Å². The molecular weight excluding hydrogens is 404 g/mol. The topological polar surface area (TPSA) is 74.0 Å². The highest BCUT2D eigenvalue weighted by atomic mass is 19.1. The van der Waals surface area contributed by atoms with E-state index < -0.39 is 17.5 Å². The van der Waals surface area contributed by atoms with Gasteiger partial charge >= 0.3 is 0 Å². The number of benzene rings is 2. The van der Waals surface area contributed by atoms with Crippen LogP contribution in [0.25, 0.3) is 11.3 Å². The molecule has 4 aromatic rings. The van der Waals surface area contributed by atoms with Crippen LogP contribution in [-0.2, 0) is 20.7 Å². The Morgan fingerprint density at radius 3 is 2.58 bits per heavy atom. The molecule has 0 fully saturated rings. The summed E-state index contributed by atoms with van der Waals surface area (Å²) < 4.78 is 36.4. The van der Waals surface area contributed by atoms with Crippen LogP contribution in [0.3, 0.4) is 0 Å². The number of carbonyl (C=O) groups is 1. The predicted molar refractivity (Wildman–Crippen MR) is 110 cm³/mol. The van der Waals surface area contributed by atoms with E-state index >= 15 is 0 Å². The number of anilines is 1. The molecule has 1 N–H and O–H groups in total. The highest BCUT2D eigenvalue weighted by Gasteiger charge is 2.20. The molecule has 158 valence electrons. The number of aromatic nitrogens is 4. The second-order valence-electron chi connectivity index (χ2n) is 6.91. The van der Waals surface area contributed by atoms with Gasteiger partial charge in [-0.05, 0) is 36.4 Å². The lowest BCUT2D eigenvalue weighted by Gasteiger charge is -2.09. The summed E-state index contributed by atoms with van der Waals surface area (Å²) in [6.07, 6.45) is 5.02. The molecule has 4 rings (SSSR count). The van der Waals surface area contributed by atoms with E-state index in [-0.39, 0.29) is 16.8 Å². The maximum absolute atomic E-state index is 14.2. The zero-order valence-electron chi connectivity index (χ0n) is 16.8. The average Bonchev–Trinajstić information content (AvgIpc) is 3.32. The Bertz CT molecular complexity index is 1230. The zero-order valence-corrected chi connectivity index (χ0v) is 16.8. The predicted octanol–water partition coefficient (Wildman–Crippen LogP) is 3.93. The van der Waals surface area contributed by atoms with Crippen LogP contribution in [0.4, 0.5) is 14.5 Å². The Balaban J connectivity index is 1.48. The van der Waals surface area contributed by atoms with Crippen LogP contribution in [0.2, 0.25) is 0 Å². The quantitative estimate of drug-likeness (QED) is 0.510. The monoisotopic (exact) mass is 423 g/mol. The van der Waals surface area contributed by atoms with Gasteiger partial charge in [-0.15, -0.1) is 0 Å². The van der Waals surface area contributed by atoms with Crippen molar-refractivity contribution in [1.82, 2.24) is 19.3 Å². The molecule has 0 spiro atoms. The highest BCUT2D eigenvalue weighted by molar-refractivity contribution is 6.08. The number of hydrogen-bond donors (Lipinski definition) is 1. The number of aryl methyl sites for hydroxylation is 2. The molecule has 0 saturated heterocycles. The van der Waals surface area contributed by atoms with Crippen LogP contribution in [-0.4, -0.2) is 25.2 Å². The average molecular weight is 423 g/mol. The van der Waals surface area contributed by atoms with E-state index in [1.165, 1.54) is 16.9 Å². The third-order valence-corrected chi connectivity index (χ3v) is 4.66. The summed E-state index contributed by atoms with van der Waals surface area (Å²) in [6.45, 7) is 0.317. The number of nitrogens with zero attached hydrogens (tertiary/aromatic N) is 4. The van der Waals surface area contributed by atoms with Crippen molar-refractivity contribution in [2.75, 3.05) is 5.32 Å². The minimum atomic E-state index is -0.790. The van der Waals surface area contributed by atoms with Crippen molar-refractivity contribution in [3.63, 3.8) is 0 Å². The Hall–Kier alpha value is -4.01. The van der Waals surface area contributed by atoms with E-state index in [4.69, 9.17) is 4.74 Å². The smallest absolute Gasteiger partial charge is 0.259 e. The summed E-state index contributed by atoms with van der Waals surface area (Å²) >= 11 is 0. The molecule has 7 nitrogen and oxygen atoms in total. The van der Waals surface area contributed by atoms with Gasteiger partial charge in [0.2, 0.25) is 0 Å². The normalized spacial score (nSPS) is 10.8. The minimum Gasteiger partial charge on any atom is -0.486 e. The Morgan fingerprint density at radius 1 is 1.13 bits per heavy atom. The van der Waals surface area contributed by atoms with Crippen LogP contribution < -0.4 is 10.1 Å². The van der Waals surface area contributed by atoms with E-state index in [0.717, 1.165) is 18.0 Å². The highest BCUT2D eigenvalue weighted by Crippen LogP contribution is 2.26. The number of halogens is 2. The van der Waals surface area contributed by atoms with Crippen molar-refractivity contribution >= 4 is 11.6 Å². The summed E-state index contributed by atoms with van der Waals surface area (Å²) in [5, 5.41) is 6.93. The van der Waals surface area contributed by atoms with Crippen LogP contribution in [0.5, 0.6) is 5.75 Å².